The van der Waals surface area contributed by atoms with Crippen molar-refractivity contribution in [3.8, 4) is 0 Å². The lowest BCUT2D eigenvalue weighted by atomic mass is 10.2. The fourth-order valence-corrected chi connectivity index (χ4v) is 2.96. The standard InChI is InChI=1S/C13H9BrClNO3S/c1-6-4-7(14)9(5-8(6)15)16-12(17)10-2-3-11(20-10)13(18)19/h2-5H,1H3,(H,16,17)(H,18,19). The predicted molar refractivity (Wildman–Crippen MR) is 83.1 cm³/mol. The van der Waals surface area contributed by atoms with Gasteiger partial charge in [-0.25, -0.2) is 4.79 Å². The number of nitrogens with one attached hydrogen (secondary N) is 1. The van der Waals surface area contributed by atoms with Crippen molar-refractivity contribution in [3.63, 3.8) is 0 Å². The number of hydrogen-bond donors (Lipinski definition) is 2. The highest BCUT2D eigenvalue weighted by atomic mass is 79.9. The Morgan fingerprint density at radius 3 is 2.55 bits per heavy atom. The molecule has 4 nitrogen and oxygen atoms in total. The summed E-state index contributed by atoms with van der Waals surface area (Å²) in [6, 6.07) is 6.33. The molecule has 20 heavy (non-hydrogen) atoms. The minimum absolute atomic E-state index is 0.121. The molecule has 1 amide bonds. The van der Waals surface area contributed by atoms with Gasteiger partial charge in [0.25, 0.3) is 5.91 Å². The highest BCUT2D eigenvalue weighted by Gasteiger charge is 2.14. The zero-order valence-corrected chi connectivity index (χ0v) is 13.4. The normalized spacial score (nSPS) is 10.3. The van der Waals surface area contributed by atoms with Crippen molar-refractivity contribution in [1.29, 1.82) is 0 Å². The monoisotopic (exact) mass is 373 g/mol. The highest BCUT2D eigenvalue weighted by molar-refractivity contribution is 9.10. The number of benzene rings is 1. The summed E-state index contributed by atoms with van der Waals surface area (Å²) in [5.41, 5.74) is 1.43. The van der Waals surface area contributed by atoms with Crippen LogP contribution in [0.4, 0.5) is 5.69 Å². The number of carbonyl (C=O) groups excluding carboxylic acids is 1. The average Bonchev–Trinajstić information content (AvgIpc) is 2.85. The molecule has 0 spiro atoms. The number of rotatable bonds is 3. The lowest BCUT2D eigenvalue weighted by Crippen LogP contribution is -2.10. The van der Waals surface area contributed by atoms with Crippen molar-refractivity contribution < 1.29 is 14.7 Å². The second-order valence-electron chi connectivity index (χ2n) is 4.00. The fourth-order valence-electron chi connectivity index (χ4n) is 1.50. The summed E-state index contributed by atoms with van der Waals surface area (Å²) in [6.07, 6.45) is 0. The van der Waals surface area contributed by atoms with Gasteiger partial charge >= 0.3 is 5.97 Å². The molecule has 104 valence electrons. The maximum Gasteiger partial charge on any atom is 0.345 e. The van der Waals surface area contributed by atoms with Gasteiger partial charge in [0.2, 0.25) is 0 Å². The number of amides is 1. The molecule has 1 heterocycles. The summed E-state index contributed by atoms with van der Waals surface area (Å²) in [7, 11) is 0. The van der Waals surface area contributed by atoms with E-state index in [1.54, 1.807) is 12.1 Å². The van der Waals surface area contributed by atoms with E-state index in [0.717, 1.165) is 16.9 Å². The number of aryl methyl sites for hydroxylation is 1. The minimum atomic E-state index is -1.05. The van der Waals surface area contributed by atoms with Crippen LogP contribution in [0.1, 0.15) is 24.9 Å². The van der Waals surface area contributed by atoms with E-state index in [4.69, 9.17) is 16.7 Å². The average molecular weight is 375 g/mol. The van der Waals surface area contributed by atoms with Gasteiger partial charge in [-0.2, -0.15) is 0 Å². The predicted octanol–water partition coefficient (Wildman–Crippen LogP) is 4.42. The van der Waals surface area contributed by atoms with Crippen LogP contribution < -0.4 is 5.32 Å². The number of anilines is 1. The Kier molecular flexibility index (Phi) is 4.47. The van der Waals surface area contributed by atoms with E-state index in [0.29, 0.717) is 20.1 Å². The van der Waals surface area contributed by atoms with Gasteiger partial charge in [0.1, 0.15) is 4.88 Å². The number of hydrogen-bond acceptors (Lipinski definition) is 3. The third-order valence-corrected chi connectivity index (χ3v) is 4.67. The minimum Gasteiger partial charge on any atom is -0.477 e. The molecule has 1 aromatic carbocycles. The summed E-state index contributed by atoms with van der Waals surface area (Å²) < 4.78 is 0.711. The van der Waals surface area contributed by atoms with E-state index in [1.165, 1.54) is 12.1 Å². The van der Waals surface area contributed by atoms with E-state index in [1.807, 2.05) is 6.92 Å². The first-order chi connectivity index (χ1) is 9.38. The van der Waals surface area contributed by atoms with E-state index in [2.05, 4.69) is 21.2 Å². The highest BCUT2D eigenvalue weighted by Crippen LogP contribution is 2.30. The van der Waals surface area contributed by atoms with E-state index in [-0.39, 0.29) is 10.8 Å². The molecular formula is C13H9BrClNO3S. The topological polar surface area (TPSA) is 66.4 Å². The van der Waals surface area contributed by atoms with Crippen molar-refractivity contribution in [2.24, 2.45) is 0 Å². The molecule has 7 heteroatoms. The van der Waals surface area contributed by atoms with Gasteiger partial charge in [-0.1, -0.05) is 11.6 Å². The molecule has 1 aromatic heterocycles. The molecule has 0 unspecified atom stereocenters. The van der Waals surface area contributed by atoms with E-state index >= 15 is 0 Å². The Balaban J connectivity index is 2.23. The SMILES string of the molecule is Cc1cc(Br)c(NC(=O)c2ccc(C(=O)O)s2)cc1Cl. The first kappa shape index (κ1) is 15.0. The van der Waals surface area contributed by atoms with Crippen LogP contribution in [0.3, 0.4) is 0 Å². The van der Waals surface area contributed by atoms with Gasteiger partial charge in [0, 0.05) is 9.50 Å². The summed E-state index contributed by atoms with van der Waals surface area (Å²) >= 11 is 10.3. The molecule has 0 aliphatic heterocycles. The zero-order valence-electron chi connectivity index (χ0n) is 10.2. The zero-order chi connectivity index (χ0) is 14.9. The summed E-state index contributed by atoms with van der Waals surface area (Å²) in [5, 5.41) is 12.1. The molecule has 2 N–H and O–H groups in total. The van der Waals surface area contributed by atoms with Crippen molar-refractivity contribution in [2.45, 2.75) is 6.92 Å². The third kappa shape index (κ3) is 3.20. The maximum absolute atomic E-state index is 12.0. The first-order valence-corrected chi connectivity index (χ1v) is 7.47. The van der Waals surface area contributed by atoms with Crippen LogP contribution in [0, 0.1) is 6.92 Å². The Bertz CT molecular complexity index is 699. The van der Waals surface area contributed by atoms with Crippen molar-refractivity contribution in [1.82, 2.24) is 0 Å². The Morgan fingerprint density at radius 1 is 1.30 bits per heavy atom. The van der Waals surface area contributed by atoms with E-state index in [9.17, 15) is 9.59 Å². The van der Waals surface area contributed by atoms with E-state index < -0.39 is 5.97 Å². The lowest BCUT2D eigenvalue weighted by molar-refractivity contribution is 0.0702. The largest absolute Gasteiger partial charge is 0.477 e. The summed E-state index contributed by atoms with van der Waals surface area (Å²) in [6.45, 7) is 1.86. The Hall–Kier alpha value is -1.37. The molecule has 0 atom stereocenters. The van der Waals surface area contributed by atoms with Crippen LogP contribution in [-0.2, 0) is 0 Å². The van der Waals surface area contributed by atoms with Crippen LogP contribution in [0.25, 0.3) is 0 Å². The van der Waals surface area contributed by atoms with Gasteiger partial charge in [0.15, 0.2) is 0 Å². The fraction of sp³-hybridized carbons (Fsp3) is 0.0769. The van der Waals surface area contributed by atoms with Gasteiger partial charge in [-0.3, -0.25) is 4.79 Å². The molecule has 0 saturated carbocycles. The van der Waals surface area contributed by atoms with Gasteiger partial charge in [0.05, 0.1) is 10.6 Å². The second kappa shape index (κ2) is 5.95. The number of halogens is 2. The molecule has 0 radical (unpaired) electrons. The molecule has 0 aliphatic carbocycles. The van der Waals surface area contributed by atoms with Crippen LogP contribution in [-0.4, -0.2) is 17.0 Å². The molecule has 0 bridgehead atoms. The number of carboxylic acids is 1. The van der Waals surface area contributed by atoms with Gasteiger partial charge in [-0.05, 0) is 52.7 Å². The molecule has 0 saturated heterocycles. The van der Waals surface area contributed by atoms with Crippen LogP contribution in [0.15, 0.2) is 28.7 Å². The smallest absolute Gasteiger partial charge is 0.345 e. The third-order valence-electron chi connectivity index (χ3n) is 2.54. The van der Waals surface area contributed by atoms with Crippen LogP contribution >= 0.6 is 38.9 Å². The molecule has 2 aromatic rings. The second-order valence-corrected chi connectivity index (χ2v) is 6.35. The summed E-state index contributed by atoms with van der Waals surface area (Å²) in [5.74, 6) is -1.42. The number of aromatic carboxylic acids is 1. The Labute approximate surface area is 132 Å². The van der Waals surface area contributed by atoms with Crippen molar-refractivity contribution in [3.05, 3.63) is 49.1 Å². The summed E-state index contributed by atoms with van der Waals surface area (Å²) in [4.78, 5) is 23.3. The molecule has 2 rings (SSSR count). The Morgan fingerprint density at radius 2 is 1.95 bits per heavy atom. The first-order valence-electron chi connectivity index (χ1n) is 5.48. The van der Waals surface area contributed by atoms with Gasteiger partial charge in [-0.15, -0.1) is 11.3 Å². The maximum atomic E-state index is 12.0. The van der Waals surface area contributed by atoms with Crippen molar-refractivity contribution in [2.75, 3.05) is 5.32 Å². The quantitative estimate of drug-likeness (QED) is 0.835. The lowest BCUT2D eigenvalue weighted by Gasteiger charge is -2.08. The number of thiophene rings is 1. The number of carboxylic acid groups (broad SMARTS) is 1. The molecule has 0 aliphatic rings. The van der Waals surface area contributed by atoms with Crippen molar-refractivity contribution >= 4 is 56.4 Å². The van der Waals surface area contributed by atoms with Crippen LogP contribution in [0.5, 0.6) is 0 Å². The van der Waals surface area contributed by atoms with Crippen LogP contribution in [0.2, 0.25) is 5.02 Å². The number of carbonyl (C=O) groups is 2. The molecule has 0 fully saturated rings. The van der Waals surface area contributed by atoms with Gasteiger partial charge < -0.3 is 10.4 Å². The molecular weight excluding hydrogens is 366 g/mol.